The maximum absolute atomic E-state index is 14.0. The van der Waals surface area contributed by atoms with Crippen LogP contribution in [0.3, 0.4) is 0 Å². The Bertz CT molecular complexity index is 1430. The molecule has 1 aliphatic carbocycles. The summed E-state index contributed by atoms with van der Waals surface area (Å²) < 4.78 is 0. The molecule has 0 saturated heterocycles. The fourth-order valence-corrected chi connectivity index (χ4v) is 6.21. The monoisotopic (exact) mass is 582 g/mol. The Morgan fingerprint density at radius 1 is 0.975 bits per heavy atom. The number of carboxylic acid groups (broad SMARTS) is 1. The lowest BCUT2D eigenvalue weighted by Gasteiger charge is -2.48. The van der Waals surface area contributed by atoms with E-state index in [0.29, 0.717) is 45.1 Å². The first-order valence-electron chi connectivity index (χ1n) is 13.0. The smallest absolute Gasteiger partial charge is 0.335 e. The zero-order chi connectivity index (χ0) is 28.4. The van der Waals surface area contributed by atoms with E-state index in [1.54, 1.807) is 59.5 Å². The SMILES string of the molecule is O=C(O)c1ccc(CONC(=O)[C@@H]2c3ccccc3C(=O)N([C@@H]3CCCC[C@H]3O)[C@H]2c2ccc(Cl)cc2Cl)cc1. The van der Waals surface area contributed by atoms with Gasteiger partial charge in [0.25, 0.3) is 11.8 Å². The molecular formula is C30H28Cl2N2O6. The molecule has 40 heavy (non-hydrogen) atoms. The van der Waals surface area contributed by atoms with Gasteiger partial charge in [0.05, 0.1) is 36.3 Å². The van der Waals surface area contributed by atoms with Crippen LogP contribution in [0.1, 0.15) is 75.0 Å². The van der Waals surface area contributed by atoms with Crippen LogP contribution in [0.15, 0.2) is 66.7 Å². The molecule has 0 radical (unpaired) electrons. The van der Waals surface area contributed by atoms with Crippen LogP contribution in [0.5, 0.6) is 0 Å². The quantitative estimate of drug-likeness (QED) is 0.316. The Morgan fingerprint density at radius 3 is 2.40 bits per heavy atom. The number of rotatable bonds is 7. The Morgan fingerprint density at radius 2 is 1.70 bits per heavy atom. The maximum Gasteiger partial charge on any atom is 0.335 e. The molecule has 3 aromatic carbocycles. The van der Waals surface area contributed by atoms with Crippen LogP contribution in [-0.2, 0) is 16.2 Å². The fraction of sp³-hybridized carbons (Fsp3) is 0.300. The molecule has 208 valence electrons. The van der Waals surface area contributed by atoms with Crippen molar-refractivity contribution in [3.8, 4) is 0 Å². The van der Waals surface area contributed by atoms with Crippen LogP contribution >= 0.6 is 23.2 Å². The van der Waals surface area contributed by atoms with Crippen molar-refractivity contribution >= 4 is 41.0 Å². The van der Waals surface area contributed by atoms with Crippen LogP contribution in [0.2, 0.25) is 10.0 Å². The van der Waals surface area contributed by atoms with Gasteiger partial charge in [-0.25, -0.2) is 10.3 Å². The zero-order valence-electron chi connectivity index (χ0n) is 21.4. The Balaban J connectivity index is 1.51. The second-order valence-corrected chi connectivity index (χ2v) is 10.9. The molecule has 1 fully saturated rings. The number of carboxylic acids is 1. The Labute approximate surface area is 241 Å². The second kappa shape index (κ2) is 12.0. The van der Waals surface area contributed by atoms with E-state index in [9.17, 15) is 19.5 Å². The number of hydroxylamine groups is 1. The van der Waals surface area contributed by atoms with Crippen molar-refractivity contribution in [2.75, 3.05) is 0 Å². The number of aromatic carboxylic acids is 1. The van der Waals surface area contributed by atoms with Gasteiger partial charge in [-0.15, -0.1) is 0 Å². The third-order valence-corrected chi connectivity index (χ3v) is 8.17. The van der Waals surface area contributed by atoms with Gasteiger partial charge in [-0.1, -0.05) is 72.4 Å². The van der Waals surface area contributed by atoms with Gasteiger partial charge in [0.2, 0.25) is 0 Å². The molecule has 1 heterocycles. The number of aliphatic hydroxyl groups excluding tert-OH is 1. The normalized spacial score (nSPS) is 22.5. The number of hydrogen-bond acceptors (Lipinski definition) is 5. The number of nitrogens with zero attached hydrogens (tertiary/aromatic N) is 1. The van der Waals surface area contributed by atoms with Crippen LogP contribution in [-0.4, -0.2) is 45.0 Å². The predicted octanol–water partition coefficient (Wildman–Crippen LogP) is 5.52. The molecule has 1 aliphatic heterocycles. The number of nitrogens with one attached hydrogen (secondary N) is 1. The van der Waals surface area contributed by atoms with E-state index in [1.807, 2.05) is 0 Å². The van der Waals surface area contributed by atoms with Gasteiger partial charge in [-0.2, -0.15) is 0 Å². The van der Waals surface area contributed by atoms with Crippen LogP contribution in [0.4, 0.5) is 0 Å². The van der Waals surface area contributed by atoms with E-state index in [0.717, 1.165) is 12.8 Å². The van der Waals surface area contributed by atoms with E-state index in [-0.39, 0.29) is 18.1 Å². The number of halogens is 2. The summed E-state index contributed by atoms with van der Waals surface area (Å²) in [6, 6.07) is 16.7. The van der Waals surface area contributed by atoms with Crippen molar-refractivity contribution in [1.29, 1.82) is 0 Å². The number of aliphatic hydroxyl groups is 1. The van der Waals surface area contributed by atoms with Crippen LogP contribution in [0.25, 0.3) is 0 Å². The molecule has 4 atom stereocenters. The largest absolute Gasteiger partial charge is 0.478 e. The summed E-state index contributed by atoms with van der Waals surface area (Å²) >= 11 is 12.9. The molecule has 0 unspecified atom stereocenters. The molecule has 8 nitrogen and oxygen atoms in total. The average Bonchev–Trinajstić information content (AvgIpc) is 2.94. The summed E-state index contributed by atoms with van der Waals surface area (Å²) in [6.45, 7) is -0.00361. The zero-order valence-corrected chi connectivity index (χ0v) is 22.9. The summed E-state index contributed by atoms with van der Waals surface area (Å²) in [5, 5.41) is 20.8. The molecular weight excluding hydrogens is 555 g/mol. The number of amides is 2. The van der Waals surface area contributed by atoms with Crippen molar-refractivity contribution in [2.24, 2.45) is 0 Å². The van der Waals surface area contributed by atoms with Crippen LogP contribution in [0, 0.1) is 0 Å². The van der Waals surface area contributed by atoms with Gasteiger partial charge in [-0.3, -0.25) is 14.4 Å². The van der Waals surface area contributed by atoms with Gasteiger partial charge < -0.3 is 15.1 Å². The van der Waals surface area contributed by atoms with Gasteiger partial charge in [0, 0.05) is 15.6 Å². The van der Waals surface area contributed by atoms with E-state index < -0.39 is 36.0 Å². The first-order valence-corrected chi connectivity index (χ1v) is 13.8. The Kier molecular flexibility index (Phi) is 8.42. The molecule has 3 aromatic rings. The molecule has 2 amide bonds. The highest BCUT2D eigenvalue weighted by Gasteiger charge is 2.49. The van der Waals surface area contributed by atoms with Gasteiger partial charge in [-0.05, 0) is 59.9 Å². The summed E-state index contributed by atoms with van der Waals surface area (Å²) in [5.74, 6) is -2.71. The number of carbonyl (C=O) groups is 3. The second-order valence-electron chi connectivity index (χ2n) is 10.1. The summed E-state index contributed by atoms with van der Waals surface area (Å²) in [5.41, 5.74) is 4.78. The molecule has 2 aliphatic rings. The minimum atomic E-state index is -1.04. The number of fused-ring (bicyclic) bond motifs is 1. The summed E-state index contributed by atoms with van der Waals surface area (Å²) in [6.07, 6.45) is 2.10. The lowest BCUT2D eigenvalue weighted by Crippen LogP contribution is -2.55. The molecule has 3 N–H and O–H groups in total. The highest BCUT2D eigenvalue weighted by Crippen LogP contribution is 2.47. The first-order chi connectivity index (χ1) is 19.3. The van der Waals surface area contributed by atoms with E-state index >= 15 is 0 Å². The van der Waals surface area contributed by atoms with Crippen LogP contribution < -0.4 is 5.48 Å². The molecule has 0 spiro atoms. The summed E-state index contributed by atoms with van der Waals surface area (Å²) in [7, 11) is 0. The van der Waals surface area contributed by atoms with E-state index in [2.05, 4.69) is 5.48 Å². The molecule has 10 heteroatoms. The Hall–Kier alpha value is -3.43. The van der Waals surface area contributed by atoms with Crippen molar-refractivity contribution in [1.82, 2.24) is 10.4 Å². The molecule has 0 bridgehead atoms. The van der Waals surface area contributed by atoms with Gasteiger partial charge >= 0.3 is 5.97 Å². The lowest BCUT2D eigenvalue weighted by molar-refractivity contribution is -0.138. The van der Waals surface area contributed by atoms with E-state index in [4.69, 9.17) is 33.1 Å². The van der Waals surface area contributed by atoms with Gasteiger partial charge in [0.1, 0.15) is 0 Å². The van der Waals surface area contributed by atoms with Crippen molar-refractivity contribution in [3.05, 3.63) is 105 Å². The first kappa shape index (κ1) is 28.1. The number of hydrogen-bond donors (Lipinski definition) is 3. The highest BCUT2D eigenvalue weighted by molar-refractivity contribution is 6.35. The molecule has 0 aromatic heterocycles. The number of carbonyl (C=O) groups excluding carboxylic acids is 2. The van der Waals surface area contributed by atoms with Crippen molar-refractivity contribution in [2.45, 2.75) is 56.4 Å². The molecule has 5 rings (SSSR count). The average molecular weight is 583 g/mol. The topological polar surface area (TPSA) is 116 Å². The minimum Gasteiger partial charge on any atom is -0.478 e. The predicted molar refractivity (Wildman–Crippen MR) is 149 cm³/mol. The summed E-state index contributed by atoms with van der Waals surface area (Å²) in [4.78, 5) is 46.2. The standard InChI is InChI=1S/C30H28Cl2N2O6/c31-19-13-14-22(23(32)15-19)27-26(28(36)33-40-16-17-9-11-18(12-10-17)30(38)39)20-5-1-2-6-21(20)29(37)34(27)24-7-3-4-8-25(24)35/h1-2,5-6,9-15,24-27,35H,3-4,7-8,16H2,(H,33,36)(H,38,39)/t24-,25-,26-,27+/m1/s1. The van der Waals surface area contributed by atoms with Crippen molar-refractivity contribution in [3.63, 3.8) is 0 Å². The lowest BCUT2D eigenvalue weighted by atomic mass is 9.77. The highest BCUT2D eigenvalue weighted by atomic mass is 35.5. The minimum absolute atomic E-state index is 0.00361. The van der Waals surface area contributed by atoms with E-state index in [1.165, 1.54) is 12.1 Å². The molecule has 1 saturated carbocycles. The fourth-order valence-electron chi connectivity index (χ4n) is 5.69. The third kappa shape index (κ3) is 5.58. The maximum atomic E-state index is 14.0. The third-order valence-electron chi connectivity index (χ3n) is 7.60. The van der Waals surface area contributed by atoms with Gasteiger partial charge in [0.15, 0.2) is 0 Å². The number of benzene rings is 3. The van der Waals surface area contributed by atoms with Crippen molar-refractivity contribution < 1.29 is 29.4 Å².